The van der Waals surface area contributed by atoms with Crippen molar-refractivity contribution in [3.05, 3.63) is 71.8 Å². The molecule has 0 saturated heterocycles. The molecule has 1 amide bonds. The lowest BCUT2D eigenvalue weighted by molar-refractivity contribution is -0.146. The Morgan fingerprint density at radius 3 is 1.77 bits per heavy atom. The molecule has 140 valence electrons. The molecule has 26 heavy (non-hydrogen) atoms. The fourth-order valence-corrected chi connectivity index (χ4v) is 3.22. The minimum absolute atomic E-state index is 0.297. The highest BCUT2D eigenvalue weighted by Crippen LogP contribution is 2.31. The van der Waals surface area contributed by atoms with Crippen molar-refractivity contribution in [2.45, 2.75) is 25.9 Å². The van der Waals surface area contributed by atoms with Gasteiger partial charge in [-0.15, -0.1) is 0 Å². The molecule has 0 unspecified atom stereocenters. The molecule has 0 radical (unpaired) electrons. The summed E-state index contributed by atoms with van der Waals surface area (Å²) in [5.74, 6) is -0.297. The van der Waals surface area contributed by atoms with Crippen molar-refractivity contribution in [3.8, 4) is 0 Å². The maximum atomic E-state index is 13.2. The van der Waals surface area contributed by atoms with Crippen molar-refractivity contribution >= 4 is 5.91 Å². The Hall–Kier alpha value is -2.17. The van der Waals surface area contributed by atoms with E-state index < -0.39 is 5.60 Å². The van der Waals surface area contributed by atoms with Crippen LogP contribution in [0, 0.1) is 0 Å². The smallest absolute Gasteiger partial charge is 0.263 e. The molecule has 0 aromatic heterocycles. The van der Waals surface area contributed by atoms with E-state index in [1.807, 2.05) is 36.4 Å². The van der Waals surface area contributed by atoms with Crippen molar-refractivity contribution in [1.82, 2.24) is 9.80 Å². The molecule has 0 aliphatic rings. The van der Waals surface area contributed by atoms with E-state index in [0.29, 0.717) is 17.7 Å². The van der Waals surface area contributed by atoms with Crippen LogP contribution in [0.15, 0.2) is 60.7 Å². The van der Waals surface area contributed by atoms with Crippen LogP contribution in [0.3, 0.4) is 0 Å². The van der Waals surface area contributed by atoms with E-state index in [9.17, 15) is 9.90 Å². The Bertz CT molecular complexity index is 630. The fraction of sp³-hybridized carbons (Fsp3) is 0.409. The molecule has 2 aromatic rings. The lowest BCUT2D eigenvalue weighted by Crippen LogP contribution is -2.46. The zero-order valence-electron chi connectivity index (χ0n) is 16.1. The first-order chi connectivity index (χ1) is 12.5. The predicted octanol–water partition coefficient (Wildman–Crippen LogP) is 3.11. The highest BCUT2D eigenvalue weighted by Gasteiger charge is 2.41. The Labute approximate surface area is 157 Å². The number of benzene rings is 2. The summed E-state index contributed by atoms with van der Waals surface area (Å²) in [5.41, 5.74) is -0.495. The second kappa shape index (κ2) is 9.51. The van der Waals surface area contributed by atoms with Gasteiger partial charge in [0.1, 0.15) is 0 Å². The van der Waals surface area contributed by atoms with Gasteiger partial charge in [0.15, 0.2) is 5.60 Å². The summed E-state index contributed by atoms with van der Waals surface area (Å²) >= 11 is 0. The van der Waals surface area contributed by atoms with Gasteiger partial charge in [0.05, 0.1) is 0 Å². The summed E-state index contributed by atoms with van der Waals surface area (Å²) < 4.78 is 0. The second-order valence-corrected chi connectivity index (χ2v) is 6.55. The van der Waals surface area contributed by atoms with Gasteiger partial charge in [-0.3, -0.25) is 4.79 Å². The lowest BCUT2D eigenvalue weighted by Gasteiger charge is -2.32. The summed E-state index contributed by atoms with van der Waals surface area (Å²) in [7, 11) is 1.77. The van der Waals surface area contributed by atoms with Gasteiger partial charge in [-0.1, -0.05) is 74.5 Å². The van der Waals surface area contributed by atoms with Crippen molar-refractivity contribution in [3.63, 3.8) is 0 Å². The number of amides is 1. The largest absolute Gasteiger partial charge is 0.372 e. The number of hydrogen-bond donors (Lipinski definition) is 1. The first kappa shape index (κ1) is 20.1. The molecule has 1 N–H and O–H groups in total. The fourth-order valence-electron chi connectivity index (χ4n) is 3.22. The third-order valence-corrected chi connectivity index (χ3v) is 4.90. The van der Waals surface area contributed by atoms with Gasteiger partial charge < -0.3 is 14.9 Å². The number of nitrogens with zero attached hydrogens (tertiary/aromatic N) is 2. The van der Waals surface area contributed by atoms with Crippen LogP contribution < -0.4 is 0 Å². The monoisotopic (exact) mass is 354 g/mol. The Morgan fingerprint density at radius 2 is 1.35 bits per heavy atom. The van der Waals surface area contributed by atoms with Crippen LogP contribution in [0.25, 0.3) is 0 Å². The molecule has 0 atom stereocenters. The topological polar surface area (TPSA) is 43.8 Å². The Morgan fingerprint density at radius 1 is 0.885 bits per heavy atom. The number of carbonyl (C=O) groups is 1. The maximum Gasteiger partial charge on any atom is 0.263 e. The number of aliphatic hydroxyl groups is 1. The van der Waals surface area contributed by atoms with Gasteiger partial charge in [-0.25, -0.2) is 0 Å². The number of carbonyl (C=O) groups excluding carboxylic acids is 1. The van der Waals surface area contributed by atoms with Crippen molar-refractivity contribution in [2.24, 2.45) is 0 Å². The number of hydrogen-bond acceptors (Lipinski definition) is 3. The van der Waals surface area contributed by atoms with E-state index in [-0.39, 0.29) is 5.91 Å². The van der Waals surface area contributed by atoms with Gasteiger partial charge >= 0.3 is 0 Å². The van der Waals surface area contributed by atoms with Crippen LogP contribution >= 0.6 is 0 Å². The summed E-state index contributed by atoms with van der Waals surface area (Å²) in [6.07, 6.45) is 0.879. The normalized spacial score (nSPS) is 11.6. The van der Waals surface area contributed by atoms with Gasteiger partial charge in [0, 0.05) is 13.6 Å². The average molecular weight is 354 g/mol. The van der Waals surface area contributed by atoms with Crippen molar-refractivity contribution in [2.75, 3.05) is 33.2 Å². The van der Waals surface area contributed by atoms with Crippen molar-refractivity contribution in [1.29, 1.82) is 0 Å². The quantitative estimate of drug-likeness (QED) is 0.752. The SMILES string of the molecule is CCN(CC)CCCN(C)C(=O)C(O)(c1ccccc1)c1ccccc1. The molecule has 0 bridgehead atoms. The maximum absolute atomic E-state index is 13.2. The third-order valence-electron chi connectivity index (χ3n) is 4.90. The van der Waals surface area contributed by atoms with Gasteiger partial charge in [0.2, 0.25) is 0 Å². The summed E-state index contributed by atoms with van der Waals surface area (Å²) in [5, 5.41) is 11.5. The summed E-state index contributed by atoms with van der Waals surface area (Å²) in [6.45, 7) is 7.85. The predicted molar refractivity (Wildman–Crippen MR) is 106 cm³/mol. The van der Waals surface area contributed by atoms with Crippen LogP contribution in [-0.4, -0.2) is 54.0 Å². The minimum Gasteiger partial charge on any atom is -0.372 e. The van der Waals surface area contributed by atoms with Gasteiger partial charge in [-0.2, -0.15) is 0 Å². The lowest BCUT2D eigenvalue weighted by atomic mass is 9.85. The molecule has 0 aliphatic carbocycles. The number of likely N-dealkylation sites (N-methyl/N-ethyl adjacent to an activating group) is 1. The first-order valence-electron chi connectivity index (χ1n) is 9.35. The Kier molecular flexibility index (Phi) is 7.37. The molecule has 0 heterocycles. The molecule has 0 fully saturated rings. The van der Waals surface area contributed by atoms with Crippen LogP contribution in [0.5, 0.6) is 0 Å². The minimum atomic E-state index is -1.67. The van der Waals surface area contributed by atoms with E-state index in [4.69, 9.17) is 0 Å². The molecule has 4 nitrogen and oxygen atoms in total. The van der Waals surface area contributed by atoms with E-state index in [2.05, 4.69) is 18.7 Å². The number of rotatable bonds is 9. The van der Waals surface area contributed by atoms with E-state index >= 15 is 0 Å². The molecular weight excluding hydrogens is 324 g/mol. The van der Waals surface area contributed by atoms with Crippen molar-refractivity contribution < 1.29 is 9.90 Å². The van der Waals surface area contributed by atoms with Crippen LogP contribution in [0.4, 0.5) is 0 Å². The van der Waals surface area contributed by atoms with E-state index in [1.165, 1.54) is 0 Å². The van der Waals surface area contributed by atoms with Crippen LogP contribution in [0.1, 0.15) is 31.4 Å². The summed E-state index contributed by atoms with van der Waals surface area (Å²) in [4.78, 5) is 17.2. The summed E-state index contributed by atoms with van der Waals surface area (Å²) in [6, 6.07) is 18.3. The highest BCUT2D eigenvalue weighted by atomic mass is 16.3. The van der Waals surface area contributed by atoms with E-state index in [1.54, 1.807) is 36.2 Å². The van der Waals surface area contributed by atoms with Crippen LogP contribution in [0.2, 0.25) is 0 Å². The zero-order chi connectivity index (χ0) is 19.0. The average Bonchev–Trinajstić information content (AvgIpc) is 2.71. The van der Waals surface area contributed by atoms with Gasteiger partial charge in [0.25, 0.3) is 5.91 Å². The first-order valence-corrected chi connectivity index (χ1v) is 9.35. The molecule has 0 aliphatic heterocycles. The zero-order valence-corrected chi connectivity index (χ0v) is 16.1. The second-order valence-electron chi connectivity index (χ2n) is 6.55. The molecule has 0 spiro atoms. The Balaban J connectivity index is 2.22. The highest BCUT2D eigenvalue weighted by molar-refractivity contribution is 5.90. The molecule has 0 saturated carbocycles. The standard InChI is InChI=1S/C22H30N2O2/c1-4-24(5-2)18-12-17-23(3)21(25)22(26,19-13-8-6-9-14-19)20-15-10-7-11-16-20/h6-11,13-16,26H,4-5,12,17-18H2,1-3H3. The van der Waals surface area contributed by atoms with E-state index in [0.717, 1.165) is 26.1 Å². The van der Waals surface area contributed by atoms with Crippen LogP contribution in [-0.2, 0) is 10.4 Å². The third kappa shape index (κ3) is 4.51. The molecule has 4 heteroatoms. The molecular formula is C22H30N2O2. The molecule has 2 rings (SSSR count). The molecule has 2 aromatic carbocycles. The van der Waals surface area contributed by atoms with Gasteiger partial charge in [-0.05, 0) is 37.2 Å².